The van der Waals surface area contributed by atoms with E-state index in [9.17, 15) is 9.18 Å². The van der Waals surface area contributed by atoms with E-state index in [-0.39, 0.29) is 23.7 Å². The van der Waals surface area contributed by atoms with E-state index in [1.165, 1.54) is 18.9 Å². The molecule has 0 spiro atoms. The van der Waals surface area contributed by atoms with Gasteiger partial charge in [-0.3, -0.25) is 4.79 Å². The zero-order valence-electron chi connectivity index (χ0n) is 13.9. The summed E-state index contributed by atoms with van der Waals surface area (Å²) < 4.78 is 19.5. The number of hydrogen-bond donors (Lipinski definition) is 2. The van der Waals surface area contributed by atoms with Crippen molar-refractivity contribution in [1.29, 1.82) is 0 Å². The number of carbonyl (C=O) groups excluding carboxylic acids is 1. The molecule has 0 radical (unpaired) electrons. The highest BCUT2D eigenvalue weighted by molar-refractivity contribution is 5.94. The summed E-state index contributed by atoms with van der Waals surface area (Å²) in [5.41, 5.74) is 1.24. The van der Waals surface area contributed by atoms with Crippen molar-refractivity contribution in [2.75, 3.05) is 19.8 Å². The topological polar surface area (TPSA) is 50.4 Å². The fraction of sp³-hybridized carbons (Fsp3) is 0.632. The van der Waals surface area contributed by atoms with Gasteiger partial charge < -0.3 is 15.4 Å². The summed E-state index contributed by atoms with van der Waals surface area (Å²) in [4.78, 5) is 12.4. The van der Waals surface area contributed by atoms with Gasteiger partial charge in [0.25, 0.3) is 5.91 Å². The summed E-state index contributed by atoms with van der Waals surface area (Å²) in [5.74, 6) is 0.733. The summed E-state index contributed by atoms with van der Waals surface area (Å²) in [7, 11) is 0. The second kappa shape index (κ2) is 6.81. The molecule has 1 heterocycles. The number of ether oxygens (including phenoxy) is 1. The van der Waals surface area contributed by atoms with E-state index in [2.05, 4.69) is 10.6 Å². The number of halogens is 1. The predicted molar refractivity (Wildman–Crippen MR) is 89.6 cm³/mol. The van der Waals surface area contributed by atoms with E-state index in [0.29, 0.717) is 30.4 Å². The lowest BCUT2D eigenvalue weighted by Gasteiger charge is -2.23. The van der Waals surface area contributed by atoms with Crippen LogP contribution in [0.25, 0.3) is 0 Å². The molecule has 1 aliphatic heterocycles. The van der Waals surface area contributed by atoms with Crippen LogP contribution in [0.4, 0.5) is 4.39 Å². The van der Waals surface area contributed by atoms with Gasteiger partial charge in [0.05, 0.1) is 0 Å². The molecule has 2 aliphatic carbocycles. The Morgan fingerprint density at radius 3 is 2.75 bits per heavy atom. The van der Waals surface area contributed by atoms with Crippen molar-refractivity contribution in [1.82, 2.24) is 10.6 Å². The Bertz CT molecular complexity index is 611. The summed E-state index contributed by atoms with van der Waals surface area (Å²) in [6.07, 6.45) is 5.29. The Morgan fingerprint density at radius 1 is 1.21 bits per heavy atom. The maximum atomic E-state index is 14.2. The van der Waals surface area contributed by atoms with Crippen molar-refractivity contribution in [3.05, 3.63) is 35.1 Å². The first-order chi connectivity index (χ1) is 11.7. The molecule has 1 amide bonds. The molecule has 2 N–H and O–H groups in total. The number of hydrogen-bond acceptors (Lipinski definition) is 3. The van der Waals surface area contributed by atoms with E-state index in [1.807, 2.05) is 0 Å². The van der Waals surface area contributed by atoms with Crippen LogP contribution in [0, 0.1) is 11.7 Å². The smallest absolute Gasteiger partial charge is 0.251 e. The SMILES string of the molecule is O=C(NC1CCOCC1)c1ccc(F)c([C@@H]2C[C@H]2NCC2CC2)c1. The maximum Gasteiger partial charge on any atom is 0.251 e. The number of amides is 1. The van der Waals surface area contributed by atoms with Gasteiger partial charge in [-0.05, 0) is 68.3 Å². The maximum absolute atomic E-state index is 14.2. The average Bonchev–Trinajstić information content (AvgIpc) is 3.49. The van der Waals surface area contributed by atoms with Gasteiger partial charge >= 0.3 is 0 Å². The highest BCUT2D eigenvalue weighted by Crippen LogP contribution is 2.43. The van der Waals surface area contributed by atoms with Gasteiger partial charge in [-0.15, -0.1) is 0 Å². The molecule has 24 heavy (non-hydrogen) atoms. The first-order valence-electron chi connectivity index (χ1n) is 9.12. The molecule has 130 valence electrons. The van der Waals surface area contributed by atoms with Crippen LogP contribution in [0.5, 0.6) is 0 Å². The summed E-state index contributed by atoms with van der Waals surface area (Å²) in [6.45, 7) is 2.43. The van der Waals surface area contributed by atoms with Crippen LogP contribution >= 0.6 is 0 Å². The normalized spacial score (nSPS) is 27.0. The Kier molecular flexibility index (Phi) is 4.55. The first-order valence-corrected chi connectivity index (χ1v) is 9.12. The molecule has 0 aromatic heterocycles. The Morgan fingerprint density at radius 2 is 2.00 bits per heavy atom. The third kappa shape index (κ3) is 3.78. The highest BCUT2D eigenvalue weighted by Gasteiger charge is 2.40. The van der Waals surface area contributed by atoms with Gasteiger partial charge in [0.2, 0.25) is 0 Å². The lowest BCUT2D eigenvalue weighted by atomic mass is 10.0. The molecule has 2 saturated carbocycles. The van der Waals surface area contributed by atoms with Crippen LogP contribution in [0.3, 0.4) is 0 Å². The monoisotopic (exact) mass is 332 g/mol. The Hall–Kier alpha value is -1.46. The molecular weight excluding hydrogens is 307 g/mol. The van der Waals surface area contributed by atoms with E-state index >= 15 is 0 Å². The van der Waals surface area contributed by atoms with E-state index in [1.54, 1.807) is 12.1 Å². The van der Waals surface area contributed by atoms with Crippen molar-refractivity contribution >= 4 is 5.91 Å². The second-order valence-corrected chi connectivity index (χ2v) is 7.40. The average molecular weight is 332 g/mol. The van der Waals surface area contributed by atoms with Crippen molar-refractivity contribution in [2.24, 2.45) is 5.92 Å². The minimum absolute atomic E-state index is 0.105. The molecule has 0 bridgehead atoms. The summed E-state index contributed by atoms with van der Waals surface area (Å²) >= 11 is 0. The van der Waals surface area contributed by atoms with Crippen molar-refractivity contribution in [3.63, 3.8) is 0 Å². The molecule has 1 aromatic carbocycles. The van der Waals surface area contributed by atoms with Gasteiger partial charge in [-0.25, -0.2) is 4.39 Å². The van der Waals surface area contributed by atoms with Crippen LogP contribution in [0.1, 0.15) is 53.9 Å². The number of benzene rings is 1. The molecular formula is C19H25FN2O2. The van der Waals surface area contributed by atoms with Crippen LogP contribution in [-0.4, -0.2) is 37.7 Å². The molecule has 3 aliphatic rings. The molecule has 4 nitrogen and oxygen atoms in total. The lowest BCUT2D eigenvalue weighted by molar-refractivity contribution is 0.0696. The van der Waals surface area contributed by atoms with Crippen molar-refractivity contribution in [3.8, 4) is 0 Å². The van der Waals surface area contributed by atoms with Crippen molar-refractivity contribution < 1.29 is 13.9 Å². The minimum Gasteiger partial charge on any atom is -0.381 e. The lowest BCUT2D eigenvalue weighted by Crippen LogP contribution is -2.38. The van der Waals surface area contributed by atoms with Crippen molar-refractivity contribution in [2.45, 2.75) is 50.1 Å². The zero-order chi connectivity index (χ0) is 16.5. The predicted octanol–water partition coefficient (Wildman–Crippen LogP) is 2.59. The zero-order valence-corrected chi connectivity index (χ0v) is 13.9. The molecule has 3 fully saturated rings. The van der Waals surface area contributed by atoms with Gasteiger partial charge in [0.1, 0.15) is 5.82 Å². The van der Waals surface area contributed by atoms with Gasteiger partial charge in [-0.1, -0.05) is 0 Å². The number of rotatable bonds is 6. The summed E-state index contributed by atoms with van der Waals surface area (Å²) in [6, 6.07) is 5.29. The number of nitrogens with one attached hydrogen (secondary N) is 2. The molecule has 2 atom stereocenters. The van der Waals surface area contributed by atoms with Gasteiger partial charge in [0, 0.05) is 36.8 Å². The fourth-order valence-corrected chi connectivity index (χ4v) is 3.48. The van der Waals surface area contributed by atoms with Gasteiger partial charge in [-0.2, -0.15) is 0 Å². The quantitative estimate of drug-likeness (QED) is 0.842. The Balaban J connectivity index is 1.38. The Labute approximate surface area is 142 Å². The third-order valence-corrected chi connectivity index (χ3v) is 5.37. The largest absolute Gasteiger partial charge is 0.381 e. The van der Waals surface area contributed by atoms with Crippen LogP contribution in [-0.2, 0) is 4.74 Å². The summed E-state index contributed by atoms with van der Waals surface area (Å²) in [5, 5.41) is 6.57. The van der Waals surface area contributed by atoms with E-state index < -0.39 is 0 Å². The minimum atomic E-state index is -0.196. The number of carbonyl (C=O) groups is 1. The first kappa shape index (κ1) is 16.0. The molecule has 0 unspecified atom stereocenters. The third-order valence-electron chi connectivity index (χ3n) is 5.37. The van der Waals surface area contributed by atoms with Crippen LogP contribution in [0.15, 0.2) is 18.2 Å². The second-order valence-electron chi connectivity index (χ2n) is 7.40. The van der Waals surface area contributed by atoms with Crippen LogP contribution in [0.2, 0.25) is 0 Å². The highest BCUT2D eigenvalue weighted by atomic mass is 19.1. The molecule has 5 heteroatoms. The standard InChI is InChI=1S/C19H25FN2O2/c20-17-4-3-13(19(23)22-14-5-7-24-8-6-14)9-15(17)16-10-18(16)21-11-12-1-2-12/h3-4,9,12,14,16,18,21H,1-2,5-8,10-11H2,(H,22,23)/t16-,18+/m0/s1. The van der Waals surface area contributed by atoms with E-state index in [0.717, 1.165) is 31.7 Å². The molecule has 1 saturated heterocycles. The fourth-order valence-electron chi connectivity index (χ4n) is 3.48. The molecule has 1 aromatic rings. The molecule has 4 rings (SSSR count). The van der Waals surface area contributed by atoms with E-state index in [4.69, 9.17) is 4.74 Å². The van der Waals surface area contributed by atoms with Gasteiger partial charge in [0.15, 0.2) is 0 Å². The van der Waals surface area contributed by atoms with Crippen LogP contribution < -0.4 is 10.6 Å².